The van der Waals surface area contributed by atoms with Gasteiger partial charge in [-0.15, -0.1) is 0 Å². The molecule has 0 amide bonds. The molecule has 2 rings (SSSR count). The summed E-state index contributed by atoms with van der Waals surface area (Å²) in [4.78, 5) is 23.4. The van der Waals surface area contributed by atoms with Crippen LogP contribution in [0.25, 0.3) is 0 Å². The van der Waals surface area contributed by atoms with Gasteiger partial charge in [-0.05, 0) is 67.3 Å². The Morgan fingerprint density at radius 3 is 2.48 bits per heavy atom. The molecule has 0 fully saturated rings. The quantitative estimate of drug-likeness (QED) is 0.385. The molecule has 0 saturated carbocycles. The van der Waals surface area contributed by atoms with Crippen LogP contribution in [0.3, 0.4) is 0 Å². The zero-order valence-corrected chi connectivity index (χ0v) is 22.7. The van der Waals surface area contributed by atoms with Gasteiger partial charge < -0.3 is 14.6 Å². The Morgan fingerprint density at radius 1 is 1.19 bits per heavy atom. The molecule has 2 aliphatic rings. The first-order chi connectivity index (χ1) is 14.1. The van der Waals surface area contributed by atoms with E-state index in [-0.39, 0.29) is 65.8 Å². The molecule has 0 aromatic heterocycles. The van der Waals surface area contributed by atoms with Crippen molar-refractivity contribution in [3.8, 4) is 0 Å². The normalized spacial score (nSPS) is 30.3. The van der Waals surface area contributed by atoms with Crippen molar-refractivity contribution < 1.29 is 49.0 Å². The SMILES string of the molecule is CC[C@H](C)C(=O)O[C@H]1C[C@H](C)C=C2C=C[C@H](C)C(CC[C@@H](C)CC(C)CC(=O)[O-])[C@H]21.[Na+]. The second-order valence-electron chi connectivity index (χ2n) is 10.2. The Bertz CT molecular complexity index is 656. The van der Waals surface area contributed by atoms with Gasteiger partial charge in [0.15, 0.2) is 0 Å². The second kappa shape index (κ2) is 13.2. The Morgan fingerprint density at radius 2 is 1.87 bits per heavy atom. The molecule has 0 aromatic rings. The Kier molecular flexibility index (Phi) is 12.1. The summed E-state index contributed by atoms with van der Waals surface area (Å²) in [6, 6.07) is 0. The van der Waals surface area contributed by atoms with Crippen molar-refractivity contribution in [3.63, 3.8) is 0 Å². The van der Waals surface area contributed by atoms with Gasteiger partial charge >= 0.3 is 35.5 Å². The fourth-order valence-corrected chi connectivity index (χ4v) is 5.30. The Labute approximate surface area is 211 Å². The van der Waals surface area contributed by atoms with Crippen LogP contribution in [0.5, 0.6) is 0 Å². The average molecular weight is 441 g/mol. The summed E-state index contributed by atoms with van der Waals surface area (Å²) in [5, 5.41) is 10.9. The van der Waals surface area contributed by atoms with Crippen molar-refractivity contribution in [2.45, 2.75) is 86.2 Å². The van der Waals surface area contributed by atoms with E-state index in [1.165, 1.54) is 5.57 Å². The topological polar surface area (TPSA) is 66.4 Å². The average Bonchev–Trinajstić information content (AvgIpc) is 2.65. The third-order valence-electron chi connectivity index (χ3n) is 7.19. The number of rotatable bonds is 10. The maximum absolute atomic E-state index is 12.6. The van der Waals surface area contributed by atoms with Crippen LogP contribution >= 0.6 is 0 Å². The number of hydrogen-bond acceptors (Lipinski definition) is 4. The smallest absolute Gasteiger partial charge is 0.550 e. The molecule has 2 aliphatic carbocycles. The summed E-state index contributed by atoms with van der Waals surface area (Å²) in [7, 11) is 0. The zero-order chi connectivity index (χ0) is 22.4. The summed E-state index contributed by atoms with van der Waals surface area (Å²) >= 11 is 0. The Hall–Kier alpha value is -0.580. The minimum atomic E-state index is -0.960. The molecule has 0 bridgehead atoms. The number of allylic oxidation sites excluding steroid dienone is 3. The van der Waals surface area contributed by atoms with Crippen LogP contribution in [0.4, 0.5) is 0 Å². The summed E-state index contributed by atoms with van der Waals surface area (Å²) in [5.74, 6) is 1.09. The van der Waals surface area contributed by atoms with Gasteiger partial charge in [-0.3, -0.25) is 4.79 Å². The van der Waals surface area contributed by atoms with E-state index in [0.717, 1.165) is 32.1 Å². The van der Waals surface area contributed by atoms with Crippen LogP contribution in [0.1, 0.15) is 80.1 Å². The fourth-order valence-electron chi connectivity index (χ4n) is 5.30. The first kappa shape index (κ1) is 28.5. The molecule has 2 unspecified atom stereocenters. The second-order valence-corrected chi connectivity index (χ2v) is 10.2. The molecule has 0 radical (unpaired) electrons. The third kappa shape index (κ3) is 8.37. The first-order valence-electron chi connectivity index (χ1n) is 11.9. The Balaban J connectivity index is 0.00000480. The van der Waals surface area contributed by atoms with Gasteiger partial charge in [0.05, 0.1) is 5.92 Å². The zero-order valence-electron chi connectivity index (χ0n) is 20.7. The summed E-state index contributed by atoms with van der Waals surface area (Å²) in [6.45, 7) is 12.7. The van der Waals surface area contributed by atoms with Crippen molar-refractivity contribution in [2.75, 3.05) is 0 Å². The molecule has 4 nitrogen and oxygen atoms in total. The maximum Gasteiger partial charge on any atom is 1.00 e. The molecule has 31 heavy (non-hydrogen) atoms. The van der Waals surface area contributed by atoms with Gasteiger partial charge in [-0.2, -0.15) is 0 Å². The fraction of sp³-hybridized carbons (Fsp3) is 0.769. The summed E-state index contributed by atoms with van der Waals surface area (Å²) in [6.07, 6.45) is 11.7. The van der Waals surface area contributed by atoms with Crippen LogP contribution in [-0.2, 0) is 14.3 Å². The minimum Gasteiger partial charge on any atom is -0.550 e. The van der Waals surface area contributed by atoms with Gasteiger partial charge in [0.1, 0.15) is 6.10 Å². The number of carbonyl (C=O) groups is 2. The van der Waals surface area contributed by atoms with Gasteiger partial charge in [-0.1, -0.05) is 66.2 Å². The van der Waals surface area contributed by atoms with Crippen LogP contribution in [0.2, 0.25) is 0 Å². The molecule has 5 heteroatoms. The molecular weight excluding hydrogens is 399 g/mol. The van der Waals surface area contributed by atoms with E-state index in [1.54, 1.807) is 0 Å². The van der Waals surface area contributed by atoms with E-state index >= 15 is 0 Å². The van der Waals surface area contributed by atoms with Crippen molar-refractivity contribution in [2.24, 2.45) is 41.4 Å². The molecule has 0 N–H and O–H groups in total. The van der Waals surface area contributed by atoms with E-state index in [2.05, 4.69) is 39.0 Å². The van der Waals surface area contributed by atoms with Gasteiger partial charge in [0.2, 0.25) is 0 Å². The van der Waals surface area contributed by atoms with Crippen LogP contribution < -0.4 is 34.7 Å². The number of carboxylic acid groups (broad SMARTS) is 1. The van der Waals surface area contributed by atoms with Gasteiger partial charge in [0.25, 0.3) is 0 Å². The third-order valence-corrected chi connectivity index (χ3v) is 7.19. The molecule has 0 heterocycles. The summed E-state index contributed by atoms with van der Waals surface area (Å²) in [5.41, 5.74) is 1.33. The maximum atomic E-state index is 12.6. The van der Waals surface area contributed by atoms with E-state index in [0.29, 0.717) is 23.7 Å². The molecule has 0 aromatic carbocycles. The monoisotopic (exact) mass is 440 g/mol. The molecular formula is C26H41NaO4. The standard InChI is InChI=1S/C26H42O4.Na/c1-7-19(5)26(29)30-23-14-18(4)13-21-10-9-20(6)22(25(21)23)11-8-16(2)12-17(3)15-24(27)28;/h9-10,13,16-20,22-23,25H,7-8,11-12,14-15H2,1-6H3,(H,27,28);/q;+1/p-1/t16-,17?,18-,19+,20+,22?,23+,25+;/m1./s1. The summed E-state index contributed by atoms with van der Waals surface area (Å²) < 4.78 is 6.09. The largest absolute Gasteiger partial charge is 1.00 e. The number of hydrogen-bond donors (Lipinski definition) is 0. The van der Waals surface area contributed by atoms with Gasteiger partial charge in [0, 0.05) is 11.9 Å². The van der Waals surface area contributed by atoms with E-state index < -0.39 is 5.97 Å². The van der Waals surface area contributed by atoms with Crippen LogP contribution in [-0.4, -0.2) is 18.0 Å². The molecule has 0 aliphatic heterocycles. The molecule has 170 valence electrons. The van der Waals surface area contributed by atoms with E-state index in [1.807, 2.05) is 20.8 Å². The van der Waals surface area contributed by atoms with Gasteiger partial charge in [-0.25, -0.2) is 0 Å². The minimum absolute atomic E-state index is 0. The van der Waals surface area contributed by atoms with Crippen LogP contribution in [0, 0.1) is 41.4 Å². The predicted molar refractivity (Wildman–Crippen MR) is 118 cm³/mol. The van der Waals surface area contributed by atoms with Crippen molar-refractivity contribution in [3.05, 3.63) is 23.8 Å². The number of fused-ring (bicyclic) bond motifs is 1. The number of carbonyl (C=O) groups excluding carboxylic acids is 2. The van der Waals surface area contributed by atoms with Crippen LogP contribution in [0.15, 0.2) is 23.8 Å². The van der Waals surface area contributed by atoms with Crippen molar-refractivity contribution >= 4 is 11.9 Å². The van der Waals surface area contributed by atoms with E-state index in [9.17, 15) is 14.7 Å². The number of esters is 1. The van der Waals surface area contributed by atoms with E-state index in [4.69, 9.17) is 4.74 Å². The molecule has 0 spiro atoms. The molecule has 0 saturated heterocycles. The van der Waals surface area contributed by atoms with Crippen molar-refractivity contribution in [1.29, 1.82) is 0 Å². The molecule has 8 atom stereocenters. The number of ether oxygens (including phenoxy) is 1. The van der Waals surface area contributed by atoms with Crippen molar-refractivity contribution in [1.82, 2.24) is 0 Å². The number of aliphatic carboxylic acids is 1. The number of carboxylic acids is 1. The first-order valence-corrected chi connectivity index (χ1v) is 11.9. The predicted octanol–water partition coefficient (Wildman–Crippen LogP) is 1.94.